The van der Waals surface area contributed by atoms with Gasteiger partial charge in [0.2, 0.25) is 0 Å². The Balaban J connectivity index is 0.000000329. The third-order valence-electron chi connectivity index (χ3n) is 7.18. The fourth-order valence-electron chi connectivity index (χ4n) is 5.09. The van der Waals surface area contributed by atoms with Crippen molar-refractivity contribution in [3.05, 3.63) is 115 Å². The van der Waals surface area contributed by atoms with Crippen LogP contribution in [0.3, 0.4) is 0 Å². The molecule has 0 atom stereocenters. The van der Waals surface area contributed by atoms with Gasteiger partial charge in [-0.15, -0.1) is 37.2 Å². The lowest BCUT2D eigenvalue weighted by Crippen LogP contribution is -2.46. The van der Waals surface area contributed by atoms with Crippen LogP contribution in [0.2, 0.25) is 0 Å². The van der Waals surface area contributed by atoms with E-state index < -0.39 is 0 Å². The number of nitrogens with zero attached hydrogens (tertiary/aromatic N) is 4. The van der Waals surface area contributed by atoms with Crippen LogP contribution in [-0.4, -0.2) is 62.2 Å². The predicted octanol–water partition coefficient (Wildman–Crippen LogP) is 6.71. The minimum Gasteiger partial charge on any atom is -0.367 e. The SMILES string of the molecule is Cl.Cl.Cl.Fc1ccccc1N1CCN(Cc2cncc(-c3ccccc3)c2)CC1.Fc1ccccc1N1CCNCC1. The molecule has 4 aromatic rings. The molecule has 2 aliphatic rings. The minimum absolute atomic E-state index is 0. The highest BCUT2D eigenvalue weighted by molar-refractivity contribution is 5.86. The summed E-state index contributed by atoms with van der Waals surface area (Å²) in [6.45, 7) is 8.05. The Kier molecular flexibility index (Phi) is 15.0. The number of anilines is 2. The van der Waals surface area contributed by atoms with Crippen LogP contribution in [0.25, 0.3) is 11.1 Å². The molecule has 3 aromatic carbocycles. The first-order valence-corrected chi connectivity index (χ1v) is 13.6. The molecule has 2 fully saturated rings. The normalized spacial score (nSPS) is 14.8. The Morgan fingerprint density at radius 2 is 1.12 bits per heavy atom. The Morgan fingerprint density at radius 3 is 1.69 bits per heavy atom. The molecule has 1 N–H and O–H groups in total. The molecule has 10 heteroatoms. The number of pyridine rings is 1. The van der Waals surface area contributed by atoms with Crippen LogP contribution in [0.15, 0.2) is 97.3 Å². The fourth-order valence-corrected chi connectivity index (χ4v) is 5.09. The topological polar surface area (TPSA) is 34.6 Å². The number of halogens is 5. The van der Waals surface area contributed by atoms with E-state index in [0.29, 0.717) is 5.69 Å². The van der Waals surface area contributed by atoms with E-state index in [1.54, 1.807) is 12.1 Å². The summed E-state index contributed by atoms with van der Waals surface area (Å²) in [4.78, 5) is 11.0. The van der Waals surface area contributed by atoms with Gasteiger partial charge in [-0.3, -0.25) is 9.88 Å². The van der Waals surface area contributed by atoms with E-state index >= 15 is 0 Å². The zero-order valence-electron chi connectivity index (χ0n) is 23.4. The van der Waals surface area contributed by atoms with Crippen molar-refractivity contribution in [1.29, 1.82) is 0 Å². The number of benzene rings is 3. The number of nitrogens with one attached hydrogen (secondary N) is 1. The standard InChI is InChI=1S/C22H22FN3.C10H13FN2.3ClH/c23-21-8-4-5-9-22(21)26-12-10-25(11-13-26)17-18-14-20(16-24-15-18)19-6-2-1-3-7-19;11-9-3-1-2-4-10(9)13-7-5-12-6-8-13;;;/h1-9,14-16H,10-13,17H2;1-4,12H,5-8H2;3*1H. The molecule has 0 aliphatic carbocycles. The van der Waals surface area contributed by atoms with Crippen LogP contribution >= 0.6 is 37.2 Å². The highest BCUT2D eigenvalue weighted by atomic mass is 35.5. The first-order valence-electron chi connectivity index (χ1n) is 13.6. The highest BCUT2D eigenvalue weighted by Gasteiger charge is 2.19. The van der Waals surface area contributed by atoms with Crippen LogP contribution in [0.5, 0.6) is 0 Å². The van der Waals surface area contributed by atoms with Gasteiger partial charge in [0.1, 0.15) is 11.6 Å². The molecule has 1 aromatic heterocycles. The second-order valence-corrected chi connectivity index (χ2v) is 9.85. The third-order valence-corrected chi connectivity index (χ3v) is 7.18. The van der Waals surface area contributed by atoms with E-state index in [4.69, 9.17) is 0 Å². The fraction of sp³-hybridized carbons (Fsp3) is 0.281. The summed E-state index contributed by atoms with van der Waals surface area (Å²) in [5, 5.41) is 3.24. The van der Waals surface area contributed by atoms with Crippen molar-refractivity contribution in [3.63, 3.8) is 0 Å². The predicted molar refractivity (Wildman–Crippen MR) is 177 cm³/mol. The smallest absolute Gasteiger partial charge is 0.146 e. The van der Waals surface area contributed by atoms with Crippen LogP contribution in [-0.2, 0) is 6.54 Å². The second-order valence-electron chi connectivity index (χ2n) is 9.85. The number of hydrogen-bond donors (Lipinski definition) is 1. The van der Waals surface area contributed by atoms with Gasteiger partial charge in [0.25, 0.3) is 0 Å². The van der Waals surface area contributed by atoms with Gasteiger partial charge < -0.3 is 15.1 Å². The molecule has 0 amide bonds. The van der Waals surface area contributed by atoms with Gasteiger partial charge in [0.15, 0.2) is 0 Å². The molecule has 2 saturated heterocycles. The van der Waals surface area contributed by atoms with Crippen molar-refractivity contribution >= 4 is 48.6 Å². The van der Waals surface area contributed by atoms with Gasteiger partial charge in [-0.1, -0.05) is 54.6 Å². The summed E-state index contributed by atoms with van der Waals surface area (Å²) in [6, 6.07) is 26.5. The van der Waals surface area contributed by atoms with Crippen LogP contribution in [0, 0.1) is 11.6 Å². The number of hydrogen-bond acceptors (Lipinski definition) is 5. The number of para-hydroxylation sites is 2. The molecule has 0 saturated carbocycles. The minimum atomic E-state index is -0.138. The summed E-state index contributed by atoms with van der Waals surface area (Å²) >= 11 is 0. The van der Waals surface area contributed by atoms with Gasteiger partial charge in [0.05, 0.1) is 11.4 Å². The molecule has 226 valence electrons. The average Bonchev–Trinajstić information content (AvgIpc) is 3.00. The average molecular weight is 637 g/mol. The van der Waals surface area contributed by atoms with Crippen molar-refractivity contribution in [2.75, 3.05) is 62.2 Å². The van der Waals surface area contributed by atoms with Crippen molar-refractivity contribution in [1.82, 2.24) is 15.2 Å². The van der Waals surface area contributed by atoms with E-state index in [1.807, 2.05) is 54.9 Å². The molecule has 5 nitrogen and oxygen atoms in total. The maximum absolute atomic E-state index is 14.0. The Labute approximate surface area is 266 Å². The zero-order valence-corrected chi connectivity index (χ0v) is 25.8. The second kappa shape index (κ2) is 17.9. The Hall–Kier alpha value is -2.94. The van der Waals surface area contributed by atoms with E-state index in [9.17, 15) is 8.78 Å². The number of piperazine rings is 2. The molecule has 42 heavy (non-hydrogen) atoms. The van der Waals surface area contributed by atoms with Gasteiger partial charge in [-0.25, -0.2) is 8.78 Å². The highest BCUT2D eigenvalue weighted by Crippen LogP contribution is 2.23. The summed E-state index contributed by atoms with van der Waals surface area (Å²) in [5.41, 5.74) is 4.98. The van der Waals surface area contributed by atoms with Gasteiger partial charge in [-0.05, 0) is 41.5 Å². The zero-order chi connectivity index (χ0) is 26.9. The Morgan fingerprint density at radius 1 is 0.595 bits per heavy atom. The molecular weight excluding hydrogens is 599 g/mol. The van der Waals surface area contributed by atoms with Gasteiger partial charge >= 0.3 is 0 Å². The molecule has 0 unspecified atom stereocenters. The maximum Gasteiger partial charge on any atom is 0.146 e. The summed E-state index contributed by atoms with van der Waals surface area (Å²) in [6.07, 6.45) is 3.85. The molecule has 3 heterocycles. The number of rotatable bonds is 5. The van der Waals surface area contributed by atoms with Gasteiger partial charge in [0, 0.05) is 76.9 Å². The largest absolute Gasteiger partial charge is 0.367 e. The molecule has 6 rings (SSSR count). The van der Waals surface area contributed by atoms with Gasteiger partial charge in [-0.2, -0.15) is 0 Å². The van der Waals surface area contributed by atoms with Crippen molar-refractivity contribution in [3.8, 4) is 11.1 Å². The Bertz CT molecular complexity index is 1330. The van der Waals surface area contributed by atoms with Crippen molar-refractivity contribution < 1.29 is 8.78 Å². The summed E-state index contributed by atoms with van der Waals surface area (Å²) in [7, 11) is 0. The first kappa shape index (κ1) is 35.3. The molecular formula is C32H38Cl3F2N5. The summed E-state index contributed by atoms with van der Waals surface area (Å²) < 4.78 is 27.3. The lowest BCUT2D eigenvalue weighted by atomic mass is 10.1. The number of aromatic nitrogens is 1. The first-order chi connectivity index (χ1) is 19.2. The lowest BCUT2D eigenvalue weighted by molar-refractivity contribution is 0.249. The molecule has 0 bridgehead atoms. The third kappa shape index (κ3) is 9.54. The quantitative estimate of drug-likeness (QED) is 0.264. The monoisotopic (exact) mass is 635 g/mol. The maximum atomic E-state index is 14.0. The summed E-state index contributed by atoms with van der Waals surface area (Å²) in [5.74, 6) is -0.259. The molecule has 2 aliphatic heterocycles. The van der Waals surface area contributed by atoms with Crippen molar-refractivity contribution in [2.24, 2.45) is 0 Å². The van der Waals surface area contributed by atoms with Crippen molar-refractivity contribution in [2.45, 2.75) is 6.54 Å². The van der Waals surface area contributed by atoms with E-state index in [1.165, 1.54) is 23.3 Å². The van der Waals surface area contributed by atoms with E-state index in [-0.39, 0.29) is 48.9 Å². The van der Waals surface area contributed by atoms with E-state index in [2.05, 4.69) is 43.2 Å². The van der Waals surface area contributed by atoms with Crippen LogP contribution in [0.4, 0.5) is 20.2 Å². The molecule has 0 spiro atoms. The van der Waals surface area contributed by atoms with Crippen LogP contribution < -0.4 is 15.1 Å². The lowest BCUT2D eigenvalue weighted by Gasteiger charge is -2.36. The van der Waals surface area contributed by atoms with E-state index in [0.717, 1.165) is 70.2 Å². The molecule has 0 radical (unpaired) electrons. The van der Waals surface area contributed by atoms with Crippen LogP contribution in [0.1, 0.15) is 5.56 Å².